The zero-order valence-electron chi connectivity index (χ0n) is 21.4. The van der Waals surface area contributed by atoms with Gasteiger partial charge in [0.2, 0.25) is 0 Å². The summed E-state index contributed by atoms with van der Waals surface area (Å²) in [6.45, 7) is 0. The predicted molar refractivity (Wildman–Crippen MR) is 160 cm³/mol. The molecule has 1 atom stereocenters. The molecule has 0 saturated carbocycles. The van der Waals surface area contributed by atoms with Crippen molar-refractivity contribution in [2.45, 2.75) is 5.92 Å². The van der Waals surface area contributed by atoms with Gasteiger partial charge in [0.15, 0.2) is 0 Å². The second-order valence-electron chi connectivity index (χ2n) is 9.43. The van der Waals surface area contributed by atoms with Crippen LogP contribution in [0.2, 0.25) is 10.0 Å². The fourth-order valence-electron chi connectivity index (χ4n) is 4.89. The maximum absolute atomic E-state index is 13.2. The number of benzene rings is 3. The Morgan fingerprint density at radius 3 is 2.42 bits per heavy atom. The molecule has 0 saturated heterocycles. The van der Waals surface area contributed by atoms with Crippen molar-refractivity contribution in [2.75, 3.05) is 5.32 Å². The number of amides is 1. The fourth-order valence-corrected chi connectivity index (χ4v) is 5.20. The molecule has 196 valence electrons. The Bertz CT molecular complexity index is 1830. The number of fused-ring (bicyclic) bond motifs is 1. The number of pyridine rings is 2. The van der Waals surface area contributed by atoms with E-state index in [1.807, 2.05) is 84.5 Å². The lowest BCUT2D eigenvalue weighted by molar-refractivity contribution is 0.102. The van der Waals surface area contributed by atoms with Crippen molar-refractivity contribution < 1.29 is 4.79 Å². The van der Waals surface area contributed by atoms with E-state index in [1.54, 1.807) is 30.7 Å². The van der Waals surface area contributed by atoms with Crippen LogP contribution < -0.4 is 5.32 Å². The molecule has 1 amide bonds. The molecule has 40 heavy (non-hydrogen) atoms. The lowest BCUT2D eigenvalue weighted by Gasteiger charge is -2.20. The number of hydrogen-bond acceptors (Lipinski definition) is 4. The lowest BCUT2D eigenvalue weighted by Crippen LogP contribution is -2.15. The Morgan fingerprint density at radius 2 is 1.70 bits per heavy atom. The van der Waals surface area contributed by atoms with Gasteiger partial charge in [0.05, 0.1) is 17.8 Å². The number of carbonyl (C=O) groups is 1. The van der Waals surface area contributed by atoms with Crippen molar-refractivity contribution in [2.24, 2.45) is 7.05 Å². The van der Waals surface area contributed by atoms with E-state index < -0.39 is 0 Å². The third kappa shape index (κ3) is 5.19. The van der Waals surface area contributed by atoms with Gasteiger partial charge in [-0.1, -0.05) is 59.6 Å². The van der Waals surface area contributed by atoms with Gasteiger partial charge in [-0.3, -0.25) is 4.79 Å². The van der Waals surface area contributed by atoms with Crippen LogP contribution in [0.3, 0.4) is 0 Å². The number of aryl methyl sites for hydroxylation is 1. The molecule has 0 aliphatic rings. The summed E-state index contributed by atoms with van der Waals surface area (Å²) >= 11 is 12.6. The topological polar surface area (TPSA) is 72.7 Å². The van der Waals surface area contributed by atoms with Crippen LogP contribution in [0.1, 0.15) is 33.2 Å². The summed E-state index contributed by atoms with van der Waals surface area (Å²) in [7, 11) is 1.98. The molecule has 3 aromatic heterocycles. The number of nitrogens with zero attached hydrogens (tertiary/aromatic N) is 4. The molecule has 8 heteroatoms. The van der Waals surface area contributed by atoms with Gasteiger partial charge >= 0.3 is 0 Å². The lowest BCUT2D eigenvalue weighted by atomic mass is 9.87. The van der Waals surface area contributed by atoms with Gasteiger partial charge in [-0.2, -0.15) is 0 Å². The van der Waals surface area contributed by atoms with Crippen LogP contribution in [0.25, 0.3) is 22.0 Å². The van der Waals surface area contributed by atoms with E-state index in [0.29, 0.717) is 21.4 Å². The van der Waals surface area contributed by atoms with E-state index in [4.69, 9.17) is 28.2 Å². The molecule has 3 aromatic carbocycles. The average molecular weight is 564 g/mol. The van der Waals surface area contributed by atoms with Gasteiger partial charge in [-0.05, 0) is 76.9 Å². The van der Waals surface area contributed by atoms with E-state index in [1.165, 1.54) is 0 Å². The van der Waals surface area contributed by atoms with Gasteiger partial charge in [0, 0.05) is 40.6 Å². The van der Waals surface area contributed by atoms with Crippen LogP contribution in [0.15, 0.2) is 110 Å². The number of hydrogen-bond donors (Lipinski definition) is 1. The number of anilines is 1. The fraction of sp³-hybridized carbons (Fsp3) is 0.0625. The van der Waals surface area contributed by atoms with Crippen molar-refractivity contribution in [3.05, 3.63) is 142 Å². The maximum Gasteiger partial charge on any atom is 0.275 e. The summed E-state index contributed by atoms with van der Waals surface area (Å²) in [6, 6.07) is 28.7. The first-order chi connectivity index (χ1) is 19.5. The van der Waals surface area contributed by atoms with Gasteiger partial charge in [-0.25, -0.2) is 15.0 Å². The molecule has 0 aliphatic heterocycles. The number of nitrogens with one attached hydrogen (secondary N) is 1. The number of rotatable bonds is 6. The number of aromatic nitrogens is 4. The molecule has 1 unspecified atom stereocenters. The molecule has 0 spiro atoms. The van der Waals surface area contributed by atoms with Gasteiger partial charge in [0.1, 0.15) is 11.5 Å². The first kappa shape index (κ1) is 25.7. The van der Waals surface area contributed by atoms with E-state index in [2.05, 4.69) is 21.4 Å². The summed E-state index contributed by atoms with van der Waals surface area (Å²) in [5.41, 5.74) is 5.86. The quantitative estimate of drug-likeness (QED) is 0.224. The molecule has 6 nitrogen and oxygen atoms in total. The van der Waals surface area contributed by atoms with Crippen LogP contribution in [-0.2, 0) is 7.05 Å². The Labute approximate surface area is 241 Å². The summed E-state index contributed by atoms with van der Waals surface area (Å²) < 4.78 is 2.02. The van der Waals surface area contributed by atoms with E-state index >= 15 is 0 Å². The van der Waals surface area contributed by atoms with Crippen LogP contribution in [0.5, 0.6) is 0 Å². The summed E-state index contributed by atoms with van der Waals surface area (Å²) in [5.74, 6) is 0.00595. The third-order valence-electron chi connectivity index (χ3n) is 6.79. The normalized spacial score (nSPS) is 11.9. The number of halogens is 2. The van der Waals surface area contributed by atoms with Crippen LogP contribution in [0, 0.1) is 0 Å². The standard InChI is InChI=1S/C32H23Cl2N5O/c1-39-19-35-18-29(39)31(20-8-11-23(33)12-9-20)22-10-13-27-26(16-22)25(21-5-4-6-24(34)15-21)17-28(37-27)32(40)38-30-7-2-3-14-36-30/h2-19,31H,1H3,(H,36,38,40). The third-order valence-corrected chi connectivity index (χ3v) is 7.28. The molecular formula is C32H23Cl2N5O. The van der Waals surface area contributed by atoms with Crippen molar-refractivity contribution in [1.29, 1.82) is 0 Å². The van der Waals surface area contributed by atoms with Crippen molar-refractivity contribution in [1.82, 2.24) is 19.5 Å². The highest BCUT2D eigenvalue weighted by molar-refractivity contribution is 6.31. The molecular weight excluding hydrogens is 541 g/mol. The van der Waals surface area contributed by atoms with Crippen molar-refractivity contribution in [3.8, 4) is 11.1 Å². The van der Waals surface area contributed by atoms with Crippen LogP contribution >= 0.6 is 23.2 Å². The Kier molecular flexibility index (Phi) is 7.03. The molecule has 0 aliphatic carbocycles. The highest BCUT2D eigenvalue weighted by Crippen LogP contribution is 2.37. The Morgan fingerprint density at radius 1 is 0.875 bits per heavy atom. The zero-order chi connectivity index (χ0) is 27.6. The molecule has 6 aromatic rings. The highest BCUT2D eigenvalue weighted by atomic mass is 35.5. The molecule has 3 heterocycles. The van der Waals surface area contributed by atoms with Crippen LogP contribution in [-0.4, -0.2) is 25.4 Å². The van der Waals surface area contributed by atoms with E-state index in [9.17, 15) is 4.79 Å². The molecule has 1 N–H and O–H groups in total. The minimum absolute atomic E-state index is 0.103. The summed E-state index contributed by atoms with van der Waals surface area (Å²) in [6.07, 6.45) is 5.30. The summed E-state index contributed by atoms with van der Waals surface area (Å²) in [4.78, 5) is 26.5. The van der Waals surface area contributed by atoms with E-state index in [0.717, 1.165) is 33.3 Å². The zero-order valence-corrected chi connectivity index (χ0v) is 22.9. The average Bonchev–Trinajstić information content (AvgIpc) is 3.39. The largest absolute Gasteiger partial charge is 0.337 e. The van der Waals surface area contributed by atoms with Gasteiger partial charge < -0.3 is 9.88 Å². The highest BCUT2D eigenvalue weighted by Gasteiger charge is 2.22. The minimum Gasteiger partial charge on any atom is -0.337 e. The van der Waals surface area contributed by atoms with Crippen molar-refractivity contribution in [3.63, 3.8) is 0 Å². The Balaban J connectivity index is 1.53. The molecule has 0 radical (unpaired) electrons. The molecule has 6 rings (SSSR count). The molecule has 0 fully saturated rings. The van der Waals surface area contributed by atoms with Gasteiger partial charge in [0.25, 0.3) is 5.91 Å². The minimum atomic E-state index is -0.345. The number of imidazole rings is 1. The maximum atomic E-state index is 13.2. The van der Waals surface area contributed by atoms with Crippen LogP contribution in [0.4, 0.5) is 5.82 Å². The second-order valence-corrected chi connectivity index (χ2v) is 10.3. The summed E-state index contributed by atoms with van der Waals surface area (Å²) in [5, 5.41) is 5.01. The first-order valence-corrected chi connectivity index (χ1v) is 13.4. The second kappa shape index (κ2) is 10.9. The SMILES string of the molecule is Cn1cncc1C(c1ccc(Cl)cc1)c1ccc2nc(C(=O)Nc3ccccn3)cc(-c3cccc(Cl)c3)c2c1. The predicted octanol–water partition coefficient (Wildman–Crippen LogP) is 7.77. The first-order valence-electron chi connectivity index (χ1n) is 12.6. The smallest absolute Gasteiger partial charge is 0.275 e. The molecule has 0 bridgehead atoms. The Hall–Kier alpha value is -4.52. The monoisotopic (exact) mass is 563 g/mol. The van der Waals surface area contributed by atoms with Gasteiger partial charge in [-0.15, -0.1) is 0 Å². The van der Waals surface area contributed by atoms with E-state index in [-0.39, 0.29) is 17.5 Å². The number of carbonyl (C=O) groups excluding carboxylic acids is 1. The van der Waals surface area contributed by atoms with Crippen molar-refractivity contribution >= 4 is 45.8 Å².